The Kier molecular flexibility index (Phi) is 9.46. The van der Waals surface area contributed by atoms with Crippen LogP contribution in [0.5, 0.6) is 0 Å². The van der Waals surface area contributed by atoms with E-state index in [9.17, 15) is 26.4 Å². The highest BCUT2D eigenvalue weighted by molar-refractivity contribution is 7.92. The number of aromatic nitrogens is 2. The topological polar surface area (TPSA) is 117 Å². The number of hydrogen-bond donors (Lipinski definition) is 2. The van der Waals surface area contributed by atoms with Crippen LogP contribution in [0.4, 0.5) is 18.9 Å². The summed E-state index contributed by atoms with van der Waals surface area (Å²) in [7, 11) is -3.34. The molecule has 0 saturated carbocycles. The quantitative estimate of drug-likeness (QED) is 0.346. The lowest BCUT2D eigenvalue weighted by atomic mass is 9.96. The highest BCUT2D eigenvalue weighted by Gasteiger charge is 2.32. The molecule has 1 aliphatic heterocycles. The Labute approximate surface area is 231 Å². The van der Waals surface area contributed by atoms with Gasteiger partial charge in [-0.05, 0) is 55.6 Å². The third kappa shape index (κ3) is 9.33. The number of rotatable bonds is 11. The van der Waals surface area contributed by atoms with Crippen molar-refractivity contribution in [2.75, 3.05) is 30.6 Å². The molecular weight excluding hydrogens is 547 g/mol. The fraction of sp³-hybridized carbons (Fsp3) is 0.444. The molecule has 1 atom stereocenters. The van der Waals surface area contributed by atoms with E-state index in [1.807, 2.05) is 6.07 Å². The number of amides is 1. The number of sulfonamides is 1. The van der Waals surface area contributed by atoms with Crippen LogP contribution in [0, 0.1) is 0 Å². The van der Waals surface area contributed by atoms with Gasteiger partial charge in [0.2, 0.25) is 21.8 Å². The Balaban J connectivity index is 1.27. The molecule has 1 amide bonds. The minimum atomic E-state index is -4.55. The first kappa shape index (κ1) is 29.5. The fourth-order valence-electron chi connectivity index (χ4n) is 4.74. The molecule has 0 bridgehead atoms. The molecule has 1 fully saturated rings. The third-order valence-corrected chi connectivity index (χ3v) is 7.28. The van der Waals surface area contributed by atoms with E-state index in [1.165, 1.54) is 0 Å². The number of hydrogen-bond acceptors (Lipinski definition) is 7. The standard InChI is InChI=1S/C27H32F3N5O4S/c1-40(37,38)34-22-9-7-19(8-10-22)17-24-32-26(39-33-24)21-11-14-35(15-12-21)16-13-23(20-5-3-2-4-6-20)31-25(36)18-27(28,29)30/h2-10,21,23,34H,11-18H2,1H3,(H,31,36)/t23-/m0/s1. The zero-order valence-electron chi connectivity index (χ0n) is 22.0. The maximum absolute atomic E-state index is 12.7. The van der Waals surface area contributed by atoms with E-state index in [2.05, 4.69) is 25.1 Å². The van der Waals surface area contributed by atoms with Gasteiger partial charge < -0.3 is 14.7 Å². The second-order valence-corrected chi connectivity index (χ2v) is 11.8. The van der Waals surface area contributed by atoms with Crippen LogP contribution in [0.25, 0.3) is 0 Å². The highest BCUT2D eigenvalue weighted by atomic mass is 32.2. The van der Waals surface area contributed by atoms with Crippen LogP contribution in [-0.4, -0.2) is 61.4 Å². The van der Waals surface area contributed by atoms with Crippen molar-refractivity contribution in [1.82, 2.24) is 20.4 Å². The number of carbonyl (C=O) groups excluding carboxylic acids is 1. The second kappa shape index (κ2) is 12.8. The van der Waals surface area contributed by atoms with Crippen molar-refractivity contribution < 1.29 is 30.9 Å². The molecule has 1 aromatic heterocycles. The lowest BCUT2D eigenvalue weighted by Gasteiger charge is -2.31. The van der Waals surface area contributed by atoms with Crippen LogP contribution in [0.3, 0.4) is 0 Å². The van der Waals surface area contributed by atoms with Crippen LogP contribution in [0.15, 0.2) is 59.1 Å². The van der Waals surface area contributed by atoms with Crippen molar-refractivity contribution in [3.63, 3.8) is 0 Å². The van der Waals surface area contributed by atoms with E-state index in [4.69, 9.17) is 4.52 Å². The monoisotopic (exact) mass is 579 g/mol. The molecule has 1 saturated heterocycles. The van der Waals surface area contributed by atoms with Crippen molar-refractivity contribution in [2.24, 2.45) is 0 Å². The first-order valence-corrected chi connectivity index (χ1v) is 14.9. The number of halogens is 3. The molecule has 216 valence electrons. The summed E-state index contributed by atoms with van der Waals surface area (Å²) in [6.07, 6.45) is -2.43. The smallest absolute Gasteiger partial charge is 0.349 e. The van der Waals surface area contributed by atoms with Gasteiger partial charge in [0.05, 0.1) is 12.3 Å². The van der Waals surface area contributed by atoms with Gasteiger partial charge in [-0.2, -0.15) is 18.2 Å². The molecule has 3 aromatic rings. The number of nitrogens with one attached hydrogen (secondary N) is 2. The van der Waals surface area contributed by atoms with Gasteiger partial charge >= 0.3 is 6.18 Å². The minimum Gasteiger partial charge on any atom is -0.349 e. The normalized spacial score (nSPS) is 16.0. The first-order valence-electron chi connectivity index (χ1n) is 13.0. The summed E-state index contributed by atoms with van der Waals surface area (Å²) in [6, 6.07) is 15.5. The third-order valence-electron chi connectivity index (χ3n) is 6.67. The summed E-state index contributed by atoms with van der Waals surface area (Å²) in [6.45, 7) is 2.14. The molecule has 0 spiro atoms. The van der Waals surface area contributed by atoms with Gasteiger partial charge in [0.15, 0.2) is 5.82 Å². The van der Waals surface area contributed by atoms with E-state index < -0.39 is 34.6 Å². The van der Waals surface area contributed by atoms with E-state index in [-0.39, 0.29) is 5.92 Å². The van der Waals surface area contributed by atoms with E-state index >= 15 is 0 Å². The maximum Gasteiger partial charge on any atom is 0.397 e. The molecule has 40 heavy (non-hydrogen) atoms. The van der Waals surface area contributed by atoms with Crippen LogP contribution < -0.4 is 10.0 Å². The lowest BCUT2D eigenvalue weighted by Crippen LogP contribution is -2.37. The molecule has 9 nitrogen and oxygen atoms in total. The Morgan fingerprint density at radius 3 is 2.40 bits per heavy atom. The molecule has 0 unspecified atom stereocenters. The van der Waals surface area contributed by atoms with Crippen molar-refractivity contribution >= 4 is 21.6 Å². The summed E-state index contributed by atoms with van der Waals surface area (Å²) in [4.78, 5) is 18.8. The summed E-state index contributed by atoms with van der Waals surface area (Å²) in [5.41, 5.74) is 2.16. The van der Waals surface area contributed by atoms with Crippen molar-refractivity contribution in [3.05, 3.63) is 77.4 Å². The number of alkyl halides is 3. The van der Waals surface area contributed by atoms with Gasteiger partial charge in [-0.1, -0.05) is 47.6 Å². The highest BCUT2D eigenvalue weighted by Crippen LogP contribution is 2.28. The van der Waals surface area contributed by atoms with Crippen molar-refractivity contribution in [3.8, 4) is 0 Å². The van der Waals surface area contributed by atoms with E-state index in [1.54, 1.807) is 48.5 Å². The van der Waals surface area contributed by atoms with Crippen LogP contribution in [0.1, 0.15) is 60.5 Å². The number of nitrogens with zero attached hydrogens (tertiary/aromatic N) is 3. The summed E-state index contributed by atoms with van der Waals surface area (Å²) in [5.74, 6) is 0.192. The SMILES string of the molecule is CS(=O)(=O)Nc1ccc(Cc2noc(C3CCN(CC[C@H](NC(=O)CC(F)(F)F)c4ccccc4)CC3)n2)cc1. The Hall–Kier alpha value is -3.45. The van der Waals surface area contributed by atoms with Gasteiger partial charge in [-0.25, -0.2) is 8.42 Å². The summed E-state index contributed by atoms with van der Waals surface area (Å²) in [5, 5.41) is 6.65. The van der Waals surface area contributed by atoms with Crippen LogP contribution in [0.2, 0.25) is 0 Å². The van der Waals surface area contributed by atoms with E-state index in [0.29, 0.717) is 36.8 Å². The number of likely N-dealkylation sites (tertiary alicyclic amines) is 1. The fourth-order valence-corrected chi connectivity index (χ4v) is 5.31. The van der Waals surface area contributed by atoms with Gasteiger partial charge in [-0.15, -0.1) is 0 Å². The number of carbonyl (C=O) groups is 1. The molecule has 1 aliphatic rings. The average Bonchev–Trinajstić information content (AvgIpc) is 3.35. The van der Waals surface area contributed by atoms with Crippen LogP contribution in [-0.2, 0) is 21.2 Å². The molecule has 2 heterocycles. The lowest BCUT2D eigenvalue weighted by molar-refractivity contribution is -0.154. The van der Waals surface area contributed by atoms with Crippen molar-refractivity contribution in [2.45, 2.75) is 50.2 Å². The average molecular weight is 580 g/mol. The largest absolute Gasteiger partial charge is 0.397 e. The van der Waals surface area contributed by atoms with Gasteiger partial charge in [0, 0.05) is 24.6 Å². The second-order valence-electron chi connectivity index (χ2n) is 10.0. The first-order chi connectivity index (χ1) is 18.9. The molecule has 2 aromatic carbocycles. The van der Waals surface area contributed by atoms with E-state index in [0.717, 1.165) is 43.3 Å². The molecule has 2 N–H and O–H groups in total. The van der Waals surface area contributed by atoms with Gasteiger partial charge in [0.25, 0.3) is 0 Å². The van der Waals surface area contributed by atoms with Gasteiger partial charge in [-0.3, -0.25) is 9.52 Å². The van der Waals surface area contributed by atoms with Gasteiger partial charge in [0.1, 0.15) is 6.42 Å². The number of piperidine rings is 1. The zero-order chi connectivity index (χ0) is 28.8. The number of anilines is 1. The predicted molar refractivity (Wildman–Crippen MR) is 143 cm³/mol. The summed E-state index contributed by atoms with van der Waals surface area (Å²) >= 11 is 0. The molecule has 0 aliphatic carbocycles. The minimum absolute atomic E-state index is 0.107. The Morgan fingerprint density at radius 1 is 1.10 bits per heavy atom. The summed E-state index contributed by atoms with van der Waals surface area (Å²) < 4.78 is 68.7. The molecule has 4 rings (SSSR count). The Bertz CT molecular complexity index is 1360. The number of benzene rings is 2. The zero-order valence-corrected chi connectivity index (χ0v) is 22.8. The van der Waals surface area contributed by atoms with Crippen molar-refractivity contribution in [1.29, 1.82) is 0 Å². The van der Waals surface area contributed by atoms with Crippen LogP contribution >= 0.6 is 0 Å². The Morgan fingerprint density at radius 2 is 1.77 bits per heavy atom. The molecule has 13 heteroatoms. The maximum atomic E-state index is 12.7. The predicted octanol–water partition coefficient (Wildman–Crippen LogP) is 4.41. The molecular formula is C27H32F3N5O4S. The molecule has 0 radical (unpaired) electrons.